The van der Waals surface area contributed by atoms with E-state index in [1.807, 2.05) is 25.1 Å². The number of rotatable bonds is 1. The standard InChI is InChI=1S/C8H10FN/c1-7-5-3-4-6-8(7)10(2)9/h3-6H,1-2H3. The molecule has 1 aromatic carbocycles. The van der Waals surface area contributed by atoms with Crippen molar-refractivity contribution in [1.29, 1.82) is 0 Å². The lowest BCUT2D eigenvalue weighted by Gasteiger charge is -2.08. The highest BCUT2D eigenvalue weighted by atomic mass is 19.2. The molecule has 2 heteroatoms. The molecule has 0 heterocycles. The summed E-state index contributed by atoms with van der Waals surface area (Å²) in [4.78, 5) is 0. The van der Waals surface area contributed by atoms with Gasteiger partial charge in [-0.2, -0.15) is 0 Å². The molecule has 0 N–H and O–H groups in total. The van der Waals surface area contributed by atoms with Gasteiger partial charge in [-0.05, 0) is 18.6 Å². The van der Waals surface area contributed by atoms with E-state index in [1.165, 1.54) is 7.05 Å². The molecule has 0 aliphatic carbocycles. The van der Waals surface area contributed by atoms with Crippen LogP contribution in [0.1, 0.15) is 5.56 Å². The highest BCUT2D eigenvalue weighted by Crippen LogP contribution is 2.17. The molecule has 0 fully saturated rings. The molecule has 1 rings (SSSR count). The van der Waals surface area contributed by atoms with Crippen LogP contribution in [0.5, 0.6) is 0 Å². The molecule has 0 radical (unpaired) electrons. The van der Waals surface area contributed by atoms with Crippen LogP contribution in [0.25, 0.3) is 0 Å². The van der Waals surface area contributed by atoms with Crippen LogP contribution in [-0.2, 0) is 0 Å². The van der Waals surface area contributed by atoms with Crippen molar-refractivity contribution in [2.45, 2.75) is 6.92 Å². The Morgan fingerprint density at radius 1 is 1.30 bits per heavy atom. The summed E-state index contributed by atoms with van der Waals surface area (Å²) >= 11 is 0. The first kappa shape index (κ1) is 7.06. The average molecular weight is 139 g/mol. The Kier molecular flexibility index (Phi) is 1.90. The fourth-order valence-corrected chi connectivity index (χ4v) is 0.909. The Morgan fingerprint density at radius 3 is 2.30 bits per heavy atom. The molecule has 0 spiro atoms. The van der Waals surface area contributed by atoms with Gasteiger partial charge < -0.3 is 0 Å². The van der Waals surface area contributed by atoms with E-state index in [1.54, 1.807) is 6.07 Å². The average Bonchev–Trinajstić information content (AvgIpc) is 1.88. The van der Waals surface area contributed by atoms with Crippen molar-refractivity contribution in [3.05, 3.63) is 29.8 Å². The molecule has 0 aliphatic rings. The van der Waals surface area contributed by atoms with Gasteiger partial charge in [-0.3, -0.25) is 0 Å². The summed E-state index contributed by atoms with van der Waals surface area (Å²) < 4.78 is 12.5. The van der Waals surface area contributed by atoms with Crippen LogP contribution in [0, 0.1) is 6.92 Å². The van der Waals surface area contributed by atoms with Crippen molar-refractivity contribution in [2.75, 3.05) is 12.2 Å². The summed E-state index contributed by atoms with van der Waals surface area (Å²) in [5.74, 6) is 0. The third kappa shape index (κ3) is 1.26. The number of nitrogens with zero attached hydrogens (tertiary/aromatic N) is 1. The molecule has 0 saturated heterocycles. The van der Waals surface area contributed by atoms with E-state index in [-0.39, 0.29) is 0 Å². The Bertz CT molecular complexity index is 220. The third-order valence-electron chi connectivity index (χ3n) is 1.45. The van der Waals surface area contributed by atoms with E-state index in [4.69, 9.17) is 0 Å². The molecule has 0 amide bonds. The summed E-state index contributed by atoms with van der Waals surface area (Å²) in [6.45, 7) is 1.88. The number of hydrogen-bond acceptors (Lipinski definition) is 1. The summed E-state index contributed by atoms with van der Waals surface area (Å²) in [7, 11) is 1.39. The molecule has 0 aliphatic heterocycles. The molecule has 10 heavy (non-hydrogen) atoms. The number of benzene rings is 1. The summed E-state index contributed by atoms with van der Waals surface area (Å²) in [5, 5.41) is 0.620. The van der Waals surface area contributed by atoms with Gasteiger partial charge in [-0.1, -0.05) is 18.2 Å². The summed E-state index contributed by atoms with van der Waals surface area (Å²) in [6, 6.07) is 7.33. The van der Waals surface area contributed by atoms with Crippen LogP contribution in [0.15, 0.2) is 24.3 Å². The minimum absolute atomic E-state index is 0.620. The Hall–Kier alpha value is -1.05. The van der Waals surface area contributed by atoms with Gasteiger partial charge >= 0.3 is 0 Å². The maximum atomic E-state index is 12.5. The van der Waals surface area contributed by atoms with Crippen molar-refractivity contribution in [3.8, 4) is 0 Å². The monoisotopic (exact) mass is 139 g/mol. The van der Waals surface area contributed by atoms with Gasteiger partial charge in [-0.15, -0.1) is 4.48 Å². The number of aryl methyl sites for hydroxylation is 1. The lowest BCUT2D eigenvalue weighted by atomic mass is 10.2. The van der Waals surface area contributed by atoms with Crippen LogP contribution >= 0.6 is 0 Å². The Balaban J connectivity index is 3.03. The number of hydrogen-bond donors (Lipinski definition) is 0. The zero-order valence-electron chi connectivity index (χ0n) is 6.13. The predicted octanol–water partition coefficient (Wildman–Crippen LogP) is 2.32. The normalized spacial score (nSPS) is 9.50. The molecule has 0 saturated carbocycles. The molecular weight excluding hydrogens is 129 g/mol. The lowest BCUT2D eigenvalue weighted by Crippen LogP contribution is -2.03. The fourth-order valence-electron chi connectivity index (χ4n) is 0.909. The number of halogens is 1. The quantitative estimate of drug-likeness (QED) is 0.540. The zero-order chi connectivity index (χ0) is 7.56. The van der Waals surface area contributed by atoms with E-state index >= 15 is 0 Å². The maximum absolute atomic E-state index is 12.5. The van der Waals surface area contributed by atoms with Crippen molar-refractivity contribution < 1.29 is 4.48 Å². The molecule has 0 atom stereocenters. The van der Waals surface area contributed by atoms with Crippen LogP contribution in [-0.4, -0.2) is 7.05 Å². The van der Waals surface area contributed by atoms with Gasteiger partial charge in [-0.25, -0.2) is 5.12 Å². The molecule has 0 unspecified atom stereocenters. The van der Waals surface area contributed by atoms with E-state index in [2.05, 4.69) is 0 Å². The second kappa shape index (κ2) is 2.69. The fraction of sp³-hybridized carbons (Fsp3) is 0.250. The highest BCUT2D eigenvalue weighted by molar-refractivity contribution is 5.49. The van der Waals surface area contributed by atoms with Crippen LogP contribution < -0.4 is 5.12 Å². The predicted molar refractivity (Wildman–Crippen MR) is 40.7 cm³/mol. The van der Waals surface area contributed by atoms with Crippen molar-refractivity contribution in [1.82, 2.24) is 0 Å². The second-order valence-electron chi connectivity index (χ2n) is 2.26. The van der Waals surface area contributed by atoms with Gasteiger partial charge in [0.05, 0.1) is 5.69 Å². The summed E-state index contributed by atoms with van der Waals surface area (Å²) in [6.07, 6.45) is 0. The smallest absolute Gasteiger partial charge is 0.0713 e. The lowest BCUT2D eigenvalue weighted by molar-refractivity contribution is 0.475. The highest BCUT2D eigenvalue weighted by Gasteiger charge is 1.99. The first-order valence-electron chi connectivity index (χ1n) is 3.17. The zero-order valence-corrected chi connectivity index (χ0v) is 6.13. The van der Waals surface area contributed by atoms with Gasteiger partial charge in [0, 0.05) is 7.05 Å². The molecule has 54 valence electrons. The van der Waals surface area contributed by atoms with Crippen LogP contribution in [0.2, 0.25) is 0 Å². The first-order valence-corrected chi connectivity index (χ1v) is 3.17. The number of anilines is 1. The van der Waals surface area contributed by atoms with E-state index < -0.39 is 0 Å². The summed E-state index contributed by atoms with van der Waals surface area (Å²) in [5.41, 5.74) is 1.58. The van der Waals surface area contributed by atoms with Crippen LogP contribution in [0.3, 0.4) is 0 Å². The van der Waals surface area contributed by atoms with Gasteiger partial charge in [0.1, 0.15) is 0 Å². The minimum Gasteiger partial charge on any atom is -0.215 e. The van der Waals surface area contributed by atoms with E-state index in [0.29, 0.717) is 10.8 Å². The topological polar surface area (TPSA) is 3.24 Å². The van der Waals surface area contributed by atoms with Gasteiger partial charge in [0.2, 0.25) is 0 Å². The second-order valence-corrected chi connectivity index (χ2v) is 2.26. The Labute approximate surface area is 60.0 Å². The Morgan fingerprint density at radius 2 is 1.90 bits per heavy atom. The van der Waals surface area contributed by atoms with Crippen molar-refractivity contribution >= 4 is 5.69 Å². The van der Waals surface area contributed by atoms with Crippen molar-refractivity contribution in [3.63, 3.8) is 0 Å². The van der Waals surface area contributed by atoms with Gasteiger partial charge in [0.25, 0.3) is 0 Å². The van der Waals surface area contributed by atoms with E-state index in [0.717, 1.165) is 5.56 Å². The molecule has 0 aromatic heterocycles. The third-order valence-corrected chi connectivity index (χ3v) is 1.45. The largest absolute Gasteiger partial charge is 0.215 e. The van der Waals surface area contributed by atoms with Crippen molar-refractivity contribution in [2.24, 2.45) is 0 Å². The van der Waals surface area contributed by atoms with E-state index in [9.17, 15) is 4.48 Å². The minimum atomic E-state index is 0.620. The first-order chi connectivity index (χ1) is 4.72. The molecular formula is C8H10FN. The SMILES string of the molecule is Cc1ccccc1N(C)F. The van der Waals surface area contributed by atoms with Crippen LogP contribution in [0.4, 0.5) is 10.2 Å². The molecule has 1 aromatic rings. The maximum Gasteiger partial charge on any atom is 0.0713 e. The molecule has 0 bridgehead atoms. The van der Waals surface area contributed by atoms with Gasteiger partial charge in [0.15, 0.2) is 0 Å². The number of para-hydroxylation sites is 1. The molecule has 1 nitrogen and oxygen atoms in total.